The van der Waals surface area contributed by atoms with Gasteiger partial charge in [-0.2, -0.15) is 5.26 Å². The third-order valence-corrected chi connectivity index (χ3v) is 3.16. The highest BCUT2D eigenvalue weighted by atomic mass is 16.1. The highest BCUT2D eigenvalue weighted by molar-refractivity contribution is 5.91. The molecule has 0 aromatic carbocycles. The van der Waals surface area contributed by atoms with E-state index in [-0.39, 0.29) is 11.7 Å². The van der Waals surface area contributed by atoms with Crippen LogP contribution in [0.3, 0.4) is 0 Å². The van der Waals surface area contributed by atoms with Gasteiger partial charge in [-0.3, -0.25) is 4.79 Å². The van der Waals surface area contributed by atoms with Crippen molar-refractivity contribution in [3.8, 4) is 6.07 Å². The highest BCUT2D eigenvalue weighted by Crippen LogP contribution is 2.39. The SMILES string of the molecule is N#CC1CCCC2=CC(=O)CCC21. The Morgan fingerprint density at radius 2 is 2.23 bits per heavy atom. The quantitative estimate of drug-likeness (QED) is 0.566. The Balaban J connectivity index is 2.23. The fourth-order valence-electron chi connectivity index (χ4n) is 2.47. The molecule has 1 saturated carbocycles. The van der Waals surface area contributed by atoms with Gasteiger partial charge in [-0.25, -0.2) is 0 Å². The van der Waals surface area contributed by atoms with Crippen LogP contribution in [0.1, 0.15) is 32.1 Å². The molecule has 2 aliphatic rings. The molecular formula is C11H13NO. The lowest BCUT2D eigenvalue weighted by Gasteiger charge is -2.31. The van der Waals surface area contributed by atoms with E-state index in [4.69, 9.17) is 5.26 Å². The van der Waals surface area contributed by atoms with E-state index in [2.05, 4.69) is 6.07 Å². The van der Waals surface area contributed by atoms with Crippen LogP contribution in [-0.4, -0.2) is 5.78 Å². The van der Waals surface area contributed by atoms with Gasteiger partial charge in [0.1, 0.15) is 0 Å². The normalized spacial score (nSPS) is 33.2. The van der Waals surface area contributed by atoms with Crippen molar-refractivity contribution in [1.82, 2.24) is 0 Å². The molecule has 2 rings (SSSR count). The maximum Gasteiger partial charge on any atom is 0.155 e. The lowest BCUT2D eigenvalue weighted by atomic mass is 9.71. The van der Waals surface area contributed by atoms with E-state index in [1.807, 2.05) is 0 Å². The first-order chi connectivity index (χ1) is 6.31. The summed E-state index contributed by atoms with van der Waals surface area (Å²) in [6.45, 7) is 0. The summed E-state index contributed by atoms with van der Waals surface area (Å²) < 4.78 is 0. The van der Waals surface area contributed by atoms with Gasteiger partial charge in [0, 0.05) is 6.42 Å². The van der Waals surface area contributed by atoms with Gasteiger partial charge in [0.2, 0.25) is 0 Å². The number of nitrogens with zero attached hydrogens (tertiary/aromatic N) is 1. The second-order valence-electron chi connectivity index (χ2n) is 3.96. The molecule has 0 aromatic heterocycles. The van der Waals surface area contributed by atoms with Crippen LogP contribution in [0.4, 0.5) is 0 Å². The number of fused-ring (bicyclic) bond motifs is 1. The van der Waals surface area contributed by atoms with Crippen LogP contribution < -0.4 is 0 Å². The van der Waals surface area contributed by atoms with E-state index in [9.17, 15) is 4.79 Å². The molecule has 13 heavy (non-hydrogen) atoms. The smallest absolute Gasteiger partial charge is 0.155 e. The van der Waals surface area contributed by atoms with E-state index in [0.29, 0.717) is 12.3 Å². The van der Waals surface area contributed by atoms with Crippen molar-refractivity contribution in [3.63, 3.8) is 0 Å². The number of hydrogen-bond donors (Lipinski definition) is 0. The maximum atomic E-state index is 11.2. The topological polar surface area (TPSA) is 40.9 Å². The molecule has 2 nitrogen and oxygen atoms in total. The van der Waals surface area contributed by atoms with Gasteiger partial charge in [0.15, 0.2) is 5.78 Å². The first-order valence-corrected chi connectivity index (χ1v) is 4.94. The molecule has 0 heterocycles. The molecule has 0 amide bonds. The molecular weight excluding hydrogens is 162 g/mol. The molecule has 0 N–H and O–H groups in total. The minimum Gasteiger partial charge on any atom is -0.295 e. The van der Waals surface area contributed by atoms with Gasteiger partial charge in [-0.05, 0) is 37.7 Å². The predicted molar refractivity (Wildman–Crippen MR) is 48.8 cm³/mol. The molecule has 2 unspecified atom stereocenters. The second kappa shape index (κ2) is 3.33. The molecule has 2 heteroatoms. The molecule has 0 aliphatic heterocycles. The number of hydrogen-bond acceptors (Lipinski definition) is 2. The van der Waals surface area contributed by atoms with Crippen molar-refractivity contribution in [1.29, 1.82) is 5.26 Å². The number of carbonyl (C=O) groups is 1. The Bertz CT molecular complexity index is 298. The van der Waals surface area contributed by atoms with Gasteiger partial charge in [0.25, 0.3) is 0 Å². The minimum atomic E-state index is 0.174. The number of nitriles is 1. The Hall–Kier alpha value is -1.10. The summed E-state index contributed by atoms with van der Waals surface area (Å²) in [5.41, 5.74) is 1.24. The fraction of sp³-hybridized carbons (Fsp3) is 0.636. The standard InChI is InChI=1S/C11H13NO/c12-7-9-3-1-2-8-6-10(13)4-5-11(8)9/h6,9,11H,1-5H2. The van der Waals surface area contributed by atoms with Crippen molar-refractivity contribution < 1.29 is 4.79 Å². The summed E-state index contributed by atoms with van der Waals surface area (Å²) in [4.78, 5) is 11.2. The fourth-order valence-corrected chi connectivity index (χ4v) is 2.47. The number of carbonyl (C=O) groups excluding carboxylic acids is 1. The van der Waals surface area contributed by atoms with Crippen LogP contribution in [0, 0.1) is 23.2 Å². The molecule has 0 aromatic rings. The Morgan fingerprint density at radius 3 is 3.00 bits per heavy atom. The van der Waals surface area contributed by atoms with E-state index in [1.54, 1.807) is 6.08 Å². The summed E-state index contributed by atoms with van der Waals surface area (Å²) >= 11 is 0. The van der Waals surface area contributed by atoms with Crippen LogP contribution in [0.25, 0.3) is 0 Å². The summed E-state index contributed by atoms with van der Waals surface area (Å²) in [6.07, 6.45) is 6.47. The Kier molecular flexibility index (Phi) is 2.18. The van der Waals surface area contributed by atoms with Crippen LogP contribution in [-0.2, 0) is 4.79 Å². The van der Waals surface area contributed by atoms with Crippen LogP contribution >= 0.6 is 0 Å². The first kappa shape index (κ1) is 8.50. The van der Waals surface area contributed by atoms with Gasteiger partial charge in [0.05, 0.1) is 12.0 Å². The van der Waals surface area contributed by atoms with Crippen molar-refractivity contribution in [3.05, 3.63) is 11.6 Å². The van der Waals surface area contributed by atoms with E-state index < -0.39 is 0 Å². The van der Waals surface area contributed by atoms with Gasteiger partial charge in [-0.1, -0.05) is 5.57 Å². The third-order valence-electron chi connectivity index (χ3n) is 3.16. The number of rotatable bonds is 0. The largest absolute Gasteiger partial charge is 0.295 e. The van der Waals surface area contributed by atoms with Crippen molar-refractivity contribution in [2.24, 2.45) is 11.8 Å². The molecule has 0 spiro atoms. The van der Waals surface area contributed by atoms with Crippen LogP contribution in [0.2, 0.25) is 0 Å². The summed E-state index contributed by atoms with van der Waals surface area (Å²) in [6, 6.07) is 2.37. The van der Waals surface area contributed by atoms with Crippen molar-refractivity contribution in [2.75, 3.05) is 0 Å². The van der Waals surface area contributed by atoms with E-state index >= 15 is 0 Å². The summed E-state index contributed by atoms with van der Waals surface area (Å²) in [7, 11) is 0. The summed E-state index contributed by atoms with van der Waals surface area (Å²) in [5, 5.41) is 8.93. The third kappa shape index (κ3) is 1.51. The first-order valence-electron chi connectivity index (χ1n) is 4.94. The highest BCUT2D eigenvalue weighted by Gasteiger charge is 2.31. The molecule has 0 radical (unpaired) electrons. The van der Waals surface area contributed by atoms with Gasteiger partial charge >= 0.3 is 0 Å². The zero-order valence-corrected chi connectivity index (χ0v) is 7.62. The molecule has 68 valence electrons. The average molecular weight is 175 g/mol. The van der Waals surface area contributed by atoms with E-state index in [1.165, 1.54) is 5.57 Å². The Labute approximate surface area is 78.2 Å². The zero-order chi connectivity index (χ0) is 9.26. The maximum absolute atomic E-state index is 11.2. The van der Waals surface area contributed by atoms with Crippen LogP contribution in [0.5, 0.6) is 0 Å². The lowest BCUT2D eigenvalue weighted by molar-refractivity contribution is -0.115. The monoisotopic (exact) mass is 175 g/mol. The molecule has 1 fully saturated rings. The zero-order valence-electron chi connectivity index (χ0n) is 7.62. The van der Waals surface area contributed by atoms with E-state index in [0.717, 1.165) is 25.7 Å². The average Bonchev–Trinajstić information content (AvgIpc) is 2.16. The van der Waals surface area contributed by atoms with Gasteiger partial charge in [-0.15, -0.1) is 0 Å². The van der Waals surface area contributed by atoms with Crippen molar-refractivity contribution >= 4 is 5.78 Å². The number of allylic oxidation sites excluding steroid dienone is 2. The molecule has 0 bridgehead atoms. The minimum absolute atomic E-state index is 0.174. The molecule has 2 aliphatic carbocycles. The predicted octanol–water partition coefficient (Wildman–Crippen LogP) is 2.22. The van der Waals surface area contributed by atoms with Gasteiger partial charge < -0.3 is 0 Å². The Morgan fingerprint density at radius 1 is 1.38 bits per heavy atom. The lowest BCUT2D eigenvalue weighted by Crippen LogP contribution is -2.25. The van der Waals surface area contributed by atoms with Crippen molar-refractivity contribution in [2.45, 2.75) is 32.1 Å². The number of ketones is 1. The molecule has 2 atom stereocenters. The van der Waals surface area contributed by atoms with Crippen LogP contribution in [0.15, 0.2) is 11.6 Å². The summed E-state index contributed by atoms with van der Waals surface area (Å²) in [5.74, 6) is 0.828. The second-order valence-corrected chi connectivity index (χ2v) is 3.96. The molecule has 0 saturated heterocycles.